The number of benzene rings is 1. The van der Waals surface area contributed by atoms with Gasteiger partial charge in [-0.3, -0.25) is 14.3 Å². The van der Waals surface area contributed by atoms with Crippen LogP contribution in [0.1, 0.15) is 38.6 Å². The maximum absolute atomic E-state index is 13.7. The Labute approximate surface area is 150 Å². The van der Waals surface area contributed by atoms with Crippen LogP contribution in [0.15, 0.2) is 47.5 Å². The van der Waals surface area contributed by atoms with Gasteiger partial charge in [0.25, 0.3) is 5.56 Å². The molecule has 4 rings (SSSR count). The predicted molar refractivity (Wildman–Crippen MR) is 100 cm³/mol. The van der Waals surface area contributed by atoms with Gasteiger partial charge in [-0.25, -0.2) is 9.37 Å². The van der Waals surface area contributed by atoms with E-state index in [0.29, 0.717) is 22.8 Å². The van der Waals surface area contributed by atoms with E-state index in [1.807, 2.05) is 12.1 Å². The van der Waals surface area contributed by atoms with Crippen molar-refractivity contribution in [3.63, 3.8) is 0 Å². The van der Waals surface area contributed by atoms with Crippen molar-refractivity contribution in [1.29, 1.82) is 0 Å². The predicted octanol–water partition coefficient (Wildman–Crippen LogP) is 4.43. The summed E-state index contributed by atoms with van der Waals surface area (Å²) in [6.07, 6.45) is 7.37. The summed E-state index contributed by atoms with van der Waals surface area (Å²) in [5.41, 5.74) is 1.06. The zero-order chi connectivity index (χ0) is 18.1. The second kappa shape index (κ2) is 6.86. The average Bonchev–Trinajstić information content (AvgIpc) is 2.65. The van der Waals surface area contributed by atoms with Crippen LogP contribution in [0.2, 0.25) is 0 Å². The van der Waals surface area contributed by atoms with Crippen molar-refractivity contribution in [2.45, 2.75) is 38.6 Å². The Kier molecular flexibility index (Phi) is 4.41. The number of nitrogens with zero attached hydrogens (tertiary/aromatic N) is 3. The van der Waals surface area contributed by atoms with E-state index in [2.05, 4.69) is 22.2 Å². The molecule has 2 aromatic heterocycles. The van der Waals surface area contributed by atoms with Crippen LogP contribution in [0.25, 0.3) is 10.9 Å². The first kappa shape index (κ1) is 16.7. The van der Waals surface area contributed by atoms with Gasteiger partial charge in [-0.05, 0) is 61.9 Å². The van der Waals surface area contributed by atoms with Crippen LogP contribution >= 0.6 is 0 Å². The highest BCUT2D eigenvalue weighted by atomic mass is 19.1. The van der Waals surface area contributed by atoms with E-state index in [0.717, 1.165) is 31.4 Å². The molecule has 1 N–H and O–H groups in total. The largest absolute Gasteiger partial charge is 0.324 e. The van der Waals surface area contributed by atoms with Crippen LogP contribution in [-0.2, 0) is 0 Å². The Bertz CT molecular complexity index is 978. The SMILES string of the molecule is CC1CCC(n2c(Nc3cccnc3)nc3ccc(F)cc3c2=O)CC1. The highest BCUT2D eigenvalue weighted by Gasteiger charge is 2.24. The Morgan fingerprint density at radius 3 is 2.73 bits per heavy atom. The molecule has 0 atom stereocenters. The summed E-state index contributed by atoms with van der Waals surface area (Å²) in [7, 11) is 0. The summed E-state index contributed by atoms with van der Waals surface area (Å²) in [5, 5.41) is 3.54. The van der Waals surface area contributed by atoms with Crippen LogP contribution in [0, 0.1) is 11.7 Å². The van der Waals surface area contributed by atoms with E-state index in [4.69, 9.17) is 0 Å². The third-order valence-electron chi connectivity index (χ3n) is 5.13. The number of fused-ring (bicyclic) bond motifs is 1. The van der Waals surface area contributed by atoms with E-state index in [-0.39, 0.29) is 11.6 Å². The van der Waals surface area contributed by atoms with Gasteiger partial charge in [-0.15, -0.1) is 0 Å². The normalized spacial score (nSPS) is 20.2. The molecule has 134 valence electrons. The second-order valence-corrected chi connectivity index (χ2v) is 7.05. The minimum atomic E-state index is -0.423. The zero-order valence-electron chi connectivity index (χ0n) is 14.7. The molecule has 26 heavy (non-hydrogen) atoms. The molecule has 0 saturated heterocycles. The highest BCUT2D eigenvalue weighted by Crippen LogP contribution is 2.33. The van der Waals surface area contributed by atoms with E-state index in [1.54, 1.807) is 23.0 Å². The smallest absolute Gasteiger partial charge is 0.263 e. The fraction of sp³-hybridized carbons (Fsp3) is 0.350. The molecule has 1 aliphatic rings. The number of pyridine rings is 1. The van der Waals surface area contributed by atoms with Crippen LogP contribution in [0.5, 0.6) is 0 Å². The molecule has 0 unspecified atom stereocenters. The van der Waals surface area contributed by atoms with E-state index in [9.17, 15) is 9.18 Å². The van der Waals surface area contributed by atoms with Gasteiger partial charge < -0.3 is 5.32 Å². The first-order valence-electron chi connectivity index (χ1n) is 9.00. The lowest BCUT2D eigenvalue weighted by Crippen LogP contribution is -2.30. The topological polar surface area (TPSA) is 59.8 Å². The number of anilines is 2. The van der Waals surface area contributed by atoms with Gasteiger partial charge in [0.2, 0.25) is 5.95 Å². The highest BCUT2D eigenvalue weighted by molar-refractivity contribution is 5.79. The zero-order valence-corrected chi connectivity index (χ0v) is 14.7. The van der Waals surface area contributed by atoms with Gasteiger partial charge in [0.1, 0.15) is 5.82 Å². The molecule has 1 fully saturated rings. The summed E-state index contributed by atoms with van der Waals surface area (Å²) >= 11 is 0. The standard InChI is InChI=1S/C20H21FN4O/c1-13-4-7-16(8-5-13)25-19(26)17-11-14(21)6-9-18(17)24-20(25)23-15-3-2-10-22-12-15/h2-3,6,9-13,16H,4-5,7-8H2,1H3,(H,23,24). The maximum atomic E-state index is 13.7. The molecule has 0 aliphatic heterocycles. The molecule has 0 bridgehead atoms. The van der Waals surface area contributed by atoms with E-state index >= 15 is 0 Å². The molecule has 0 radical (unpaired) electrons. The van der Waals surface area contributed by atoms with E-state index in [1.165, 1.54) is 12.1 Å². The van der Waals surface area contributed by atoms with E-state index < -0.39 is 5.82 Å². The van der Waals surface area contributed by atoms with Gasteiger partial charge in [-0.1, -0.05) is 6.92 Å². The summed E-state index contributed by atoms with van der Waals surface area (Å²) in [6.45, 7) is 2.24. The minimum absolute atomic E-state index is 0.0676. The minimum Gasteiger partial charge on any atom is -0.324 e. The van der Waals surface area contributed by atoms with Crippen molar-refractivity contribution < 1.29 is 4.39 Å². The summed E-state index contributed by atoms with van der Waals surface area (Å²) in [4.78, 5) is 21.9. The molecule has 2 heterocycles. The number of hydrogen-bond acceptors (Lipinski definition) is 4. The molecule has 1 aromatic carbocycles. The fourth-order valence-corrected chi connectivity index (χ4v) is 3.66. The summed E-state index contributed by atoms with van der Waals surface area (Å²) in [6, 6.07) is 7.92. The maximum Gasteiger partial charge on any atom is 0.263 e. The molecular formula is C20H21FN4O. The van der Waals surface area contributed by atoms with Crippen molar-refractivity contribution in [3.8, 4) is 0 Å². The lowest BCUT2D eigenvalue weighted by Gasteiger charge is -2.29. The first-order valence-corrected chi connectivity index (χ1v) is 9.00. The third-order valence-corrected chi connectivity index (χ3v) is 5.13. The van der Waals surface area contributed by atoms with Crippen molar-refractivity contribution in [2.24, 2.45) is 5.92 Å². The van der Waals surface area contributed by atoms with Crippen molar-refractivity contribution in [1.82, 2.24) is 14.5 Å². The molecule has 3 aromatic rings. The van der Waals surface area contributed by atoms with Crippen LogP contribution < -0.4 is 10.9 Å². The fourth-order valence-electron chi connectivity index (χ4n) is 3.66. The van der Waals surface area contributed by atoms with Crippen LogP contribution in [0.3, 0.4) is 0 Å². The van der Waals surface area contributed by atoms with Gasteiger partial charge in [-0.2, -0.15) is 0 Å². The number of aromatic nitrogens is 3. The van der Waals surface area contributed by atoms with Crippen molar-refractivity contribution >= 4 is 22.5 Å². The lowest BCUT2D eigenvalue weighted by atomic mass is 9.87. The molecule has 0 spiro atoms. The number of rotatable bonds is 3. The van der Waals surface area contributed by atoms with Gasteiger partial charge in [0, 0.05) is 12.2 Å². The second-order valence-electron chi connectivity index (χ2n) is 7.05. The summed E-state index contributed by atoms with van der Waals surface area (Å²) < 4.78 is 15.4. The monoisotopic (exact) mass is 352 g/mol. The first-order chi connectivity index (χ1) is 12.6. The quantitative estimate of drug-likeness (QED) is 0.758. The van der Waals surface area contributed by atoms with Gasteiger partial charge in [0.05, 0.1) is 22.8 Å². The van der Waals surface area contributed by atoms with Crippen molar-refractivity contribution in [3.05, 3.63) is 58.9 Å². The van der Waals surface area contributed by atoms with Gasteiger partial charge in [0.15, 0.2) is 0 Å². The molecule has 5 nitrogen and oxygen atoms in total. The van der Waals surface area contributed by atoms with Gasteiger partial charge >= 0.3 is 0 Å². The van der Waals surface area contributed by atoms with Crippen LogP contribution in [-0.4, -0.2) is 14.5 Å². The lowest BCUT2D eigenvalue weighted by molar-refractivity contribution is 0.287. The molecular weight excluding hydrogens is 331 g/mol. The van der Waals surface area contributed by atoms with Crippen molar-refractivity contribution in [2.75, 3.05) is 5.32 Å². The Morgan fingerprint density at radius 1 is 1.19 bits per heavy atom. The number of hydrogen-bond donors (Lipinski definition) is 1. The molecule has 0 amide bonds. The third kappa shape index (κ3) is 3.19. The Hall–Kier alpha value is -2.76. The Morgan fingerprint density at radius 2 is 2.00 bits per heavy atom. The van der Waals surface area contributed by atoms with Crippen LogP contribution in [0.4, 0.5) is 16.0 Å². The summed E-state index contributed by atoms with van der Waals surface area (Å²) in [5.74, 6) is 0.734. The number of halogens is 1. The molecule has 6 heteroatoms. The Balaban J connectivity index is 1.86. The number of nitrogens with one attached hydrogen (secondary N) is 1. The average molecular weight is 352 g/mol. The molecule has 1 aliphatic carbocycles. The molecule has 1 saturated carbocycles.